The molecule has 0 aromatic heterocycles. The lowest BCUT2D eigenvalue weighted by Gasteiger charge is -2.22. The van der Waals surface area contributed by atoms with Crippen LogP contribution in [0, 0.1) is 0 Å². The average molecular weight is 428 g/mol. The van der Waals surface area contributed by atoms with Gasteiger partial charge in [0.15, 0.2) is 5.96 Å². The van der Waals surface area contributed by atoms with Crippen molar-refractivity contribution in [3.05, 3.63) is 0 Å². The molecule has 0 rings (SSSR count). The summed E-state index contributed by atoms with van der Waals surface area (Å²) in [6, 6.07) is -0.0589. The summed E-state index contributed by atoms with van der Waals surface area (Å²) in [7, 11) is 0. The van der Waals surface area contributed by atoms with Crippen molar-refractivity contribution >= 4 is 36.0 Å². The van der Waals surface area contributed by atoms with Gasteiger partial charge in [-0.15, -0.1) is 24.0 Å². The summed E-state index contributed by atoms with van der Waals surface area (Å²) < 4.78 is 5.26. The van der Waals surface area contributed by atoms with Gasteiger partial charge in [0.05, 0.1) is 12.6 Å². The molecule has 0 saturated heterocycles. The highest BCUT2D eigenvalue weighted by Crippen LogP contribution is 2.07. The summed E-state index contributed by atoms with van der Waals surface area (Å²) in [5.74, 6) is 0.426. The molecular formula is C15H33IN4O2. The van der Waals surface area contributed by atoms with Crippen LogP contribution >= 0.6 is 24.0 Å². The van der Waals surface area contributed by atoms with E-state index in [0.29, 0.717) is 12.5 Å². The SMILES string of the molecule is CCCCNC(N)=NCC(CCC)NC(=O)OC(C)(C)C.I. The first kappa shape index (κ1) is 23.5. The van der Waals surface area contributed by atoms with Crippen molar-refractivity contribution in [2.75, 3.05) is 13.1 Å². The fourth-order valence-electron chi connectivity index (χ4n) is 1.69. The predicted octanol–water partition coefficient (Wildman–Crippen LogP) is 3.00. The van der Waals surface area contributed by atoms with E-state index in [1.807, 2.05) is 20.8 Å². The van der Waals surface area contributed by atoms with Crippen molar-refractivity contribution < 1.29 is 9.53 Å². The number of nitrogens with zero attached hydrogens (tertiary/aromatic N) is 1. The van der Waals surface area contributed by atoms with E-state index in [2.05, 4.69) is 29.5 Å². The van der Waals surface area contributed by atoms with Crippen LogP contribution in [0.1, 0.15) is 60.3 Å². The van der Waals surface area contributed by atoms with E-state index >= 15 is 0 Å². The molecule has 0 saturated carbocycles. The van der Waals surface area contributed by atoms with Crippen LogP contribution in [0.4, 0.5) is 4.79 Å². The number of amides is 1. The number of hydrogen-bond donors (Lipinski definition) is 3. The van der Waals surface area contributed by atoms with Gasteiger partial charge < -0.3 is 21.1 Å². The minimum Gasteiger partial charge on any atom is -0.444 e. The van der Waals surface area contributed by atoms with Crippen molar-refractivity contribution in [3.63, 3.8) is 0 Å². The Balaban J connectivity index is 0. The summed E-state index contributed by atoms with van der Waals surface area (Å²) in [4.78, 5) is 16.0. The first-order chi connectivity index (χ1) is 9.78. The Morgan fingerprint density at radius 1 is 1.27 bits per heavy atom. The van der Waals surface area contributed by atoms with E-state index in [9.17, 15) is 4.79 Å². The van der Waals surface area contributed by atoms with Gasteiger partial charge in [0.1, 0.15) is 5.60 Å². The van der Waals surface area contributed by atoms with Crippen LogP contribution in [0.3, 0.4) is 0 Å². The van der Waals surface area contributed by atoms with Crippen molar-refractivity contribution in [3.8, 4) is 0 Å². The van der Waals surface area contributed by atoms with E-state index < -0.39 is 11.7 Å². The number of nitrogens with two attached hydrogens (primary N) is 1. The largest absolute Gasteiger partial charge is 0.444 e. The molecule has 1 atom stereocenters. The van der Waals surface area contributed by atoms with Gasteiger partial charge in [0, 0.05) is 6.54 Å². The molecule has 0 aromatic rings. The number of carbonyl (C=O) groups excluding carboxylic acids is 1. The van der Waals surface area contributed by atoms with Crippen LogP contribution < -0.4 is 16.4 Å². The Bertz CT molecular complexity index is 330. The second-order valence-corrected chi connectivity index (χ2v) is 6.14. The molecule has 0 fully saturated rings. The van der Waals surface area contributed by atoms with Gasteiger partial charge >= 0.3 is 6.09 Å². The van der Waals surface area contributed by atoms with Gasteiger partial charge in [-0.25, -0.2) is 4.79 Å². The van der Waals surface area contributed by atoms with Crippen LogP contribution in [0.15, 0.2) is 4.99 Å². The second-order valence-electron chi connectivity index (χ2n) is 6.14. The van der Waals surface area contributed by atoms with E-state index in [1.165, 1.54) is 0 Å². The highest BCUT2D eigenvalue weighted by atomic mass is 127. The standard InChI is InChI=1S/C15H32N4O2.HI/c1-6-8-10-17-13(16)18-11-12(9-7-2)19-14(20)21-15(3,4)5;/h12H,6-11H2,1-5H3,(H,19,20)(H3,16,17,18);1H. The first-order valence-electron chi connectivity index (χ1n) is 7.81. The zero-order chi connectivity index (χ0) is 16.3. The van der Waals surface area contributed by atoms with Crippen LogP contribution in [-0.2, 0) is 4.74 Å². The topological polar surface area (TPSA) is 88.7 Å². The molecule has 7 heteroatoms. The number of rotatable bonds is 8. The molecule has 0 heterocycles. The molecule has 0 aliphatic rings. The maximum Gasteiger partial charge on any atom is 0.407 e. The normalized spacial score (nSPS) is 13.0. The van der Waals surface area contributed by atoms with Gasteiger partial charge in [-0.1, -0.05) is 26.7 Å². The van der Waals surface area contributed by atoms with E-state index in [1.54, 1.807) is 0 Å². The second kappa shape index (κ2) is 12.8. The summed E-state index contributed by atoms with van der Waals surface area (Å²) in [6.45, 7) is 11.0. The molecule has 1 unspecified atom stereocenters. The van der Waals surface area contributed by atoms with E-state index in [4.69, 9.17) is 10.5 Å². The van der Waals surface area contributed by atoms with E-state index in [0.717, 1.165) is 32.2 Å². The summed E-state index contributed by atoms with van der Waals surface area (Å²) in [5.41, 5.74) is 5.29. The van der Waals surface area contributed by atoms with Gasteiger partial charge in [-0.3, -0.25) is 4.99 Å². The molecule has 4 N–H and O–H groups in total. The maximum absolute atomic E-state index is 11.8. The first-order valence-corrected chi connectivity index (χ1v) is 7.81. The average Bonchev–Trinajstić information content (AvgIpc) is 2.34. The van der Waals surface area contributed by atoms with Crippen LogP contribution in [0.2, 0.25) is 0 Å². The predicted molar refractivity (Wildman–Crippen MR) is 103 cm³/mol. The van der Waals surface area contributed by atoms with Crippen molar-refractivity contribution in [1.29, 1.82) is 0 Å². The molecule has 1 amide bonds. The lowest BCUT2D eigenvalue weighted by Crippen LogP contribution is -2.41. The highest BCUT2D eigenvalue weighted by molar-refractivity contribution is 14.0. The molecule has 0 aliphatic carbocycles. The third-order valence-electron chi connectivity index (χ3n) is 2.68. The van der Waals surface area contributed by atoms with Gasteiger partial charge in [0.25, 0.3) is 0 Å². The van der Waals surface area contributed by atoms with Crippen LogP contribution in [0.25, 0.3) is 0 Å². The fraction of sp³-hybridized carbons (Fsp3) is 0.867. The zero-order valence-corrected chi connectivity index (χ0v) is 16.9. The highest BCUT2D eigenvalue weighted by Gasteiger charge is 2.18. The number of nitrogens with one attached hydrogen (secondary N) is 2. The number of ether oxygens (including phenoxy) is 1. The molecule has 0 aromatic carbocycles. The van der Waals surface area contributed by atoms with Crippen molar-refractivity contribution in [2.24, 2.45) is 10.7 Å². The Morgan fingerprint density at radius 2 is 1.91 bits per heavy atom. The Morgan fingerprint density at radius 3 is 2.41 bits per heavy atom. The number of hydrogen-bond acceptors (Lipinski definition) is 3. The quantitative estimate of drug-likeness (QED) is 0.240. The summed E-state index contributed by atoms with van der Waals surface area (Å²) >= 11 is 0. The Kier molecular flexibility index (Phi) is 13.7. The third-order valence-corrected chi connectivity index (χ3v) is 2.68. The van der Waals surface area contributed by atoms with Gasteiger partial charge in [-0.2, -0.15) is 0 Å². The summed E-state index contributed by atoms with van der Waals surface area (Å²) in [6.07, 6.45) is 3.56. The minimum atomic E-state index is -0.495. The molecule has 0 aliphatic heterocycles. The Labute approximate surface area is 152 Å². The van der Waals surface area contributed by atoms with Gasteiger partial charge in [-0.05, 0) is 33.6 Å². The number of carbonyl (C=O) groups is 1. The smallest absolute Gasteiger partial charge is 0.407 e. The summed E-state index contributed by atoms with van der Waals surface area (Å²) in [5, 5.41) is 5.90. The lowest BCUT2D eigenvalue weighted by atomic mass is 10.1. The Hall–Kier alpha value is -0.730. The van der Waals surface area contributed by atoms with E-state index in [-0.39, 0.29) is 30.0 Å². The zero-order valence-electron chi connectivity index (χ0n) is 14.6. The fourth-order valence-corrected chi connectivity index (χ4v) is 1.69. The third kappa shape index (κ3) is 14.2. The number of aliphatic imine (C=N–C) groups is 1. The number of alkyl carbamates (subject to hydrolysis) is 1. The molecule has 0 radical (unpaired) electrons. The van der Waals surface area contributed by atoms with Gasteiger partial charge in [0.2, 0.25) is 0 Å². The van der Waals surface area contributed by atoms with Crippen molar-refractivity contribution in [1.82, 2.24) is 10.6 Å². The molecule has 22 heavy (non-hydrogen) atoms. The molecule has 0 spiro atoms. The van der Waals surface area contributed by atoms with Crippen LogP contribution in [0.5, 0.6) is 0 Å². The minimum absolute atomic E-state index is 0. The van der Waals surface area contributed by atoms with Crippen molar-refractivity contribution in [2.45, 2.75) is 71.9 Å². The molecular weight excluding hydrogens is 395 g/mol. The maximum atomic E-state index is 11.8. The number of halogens is 1. The molecule has 6 nitrogen and oxygen atoms in total. The lowest BCUT2D eigenvalue weighted by molar-refractivity contribution is 0.0503. The van der Waals surface area contributed by atoms with Crippen LogP contribution in [-0.4, -0.2) is 36.8 Å². The number of unbranched alkanes of at least 4 members (excludes halogenated alkanes) is 1. The molecule has 0 bridgehead atoms. The number of guanidine groups is 1. The molecule has 132 valence electrons. The monoisotopic (exact) mass is 428 g/mol.